The number of amides is 1. The van der Waals surface area contributed by atoms with Crippen molar-refractivity contribution < 1.29 is 14.4 Å². The molecule has 2 atom stereocenters. The lowest BCUT2D eigenvalue weighted by Gasteiger charge is -2.14. The van der Waals surface area contributed by atoms with Crippen LogP contribution in [0.15, 0.2) is 29.2 Å². The van der Waals surface area contributed by atoms with Gasteiger partial charge in [0, 0.05) is 43.9 Å². The summed E-state index contributed by atoms with van der Waals surface area (Å²) in [5.41, 5.74) is 2.75. The second-order valence-electron chi connectivity index (χ2n) is 6.63. The first-order chi connectivity index (χ1) is 12.0. The van der Waals surface area contributed by atoms with Crippen LogP contribution in [0.5, 0.6) is 0 Å². The van der Waals surface area contributed by atoms with E-state index < -0.39 is 6.10 Å². The van der Waals surface area contributed by atoms with Crippen molar-refractivity contribution in [3.8, 4) is 0 Å². The number of likely N-dealkylation sites (tertiary alicyclic amines) is 1. The summed E-state index contributed by atoms with van der Waals surface area (Å²) < 4.78 is 6.82. The smallest absolute Gasteiger partial charge is 0.259 e. The van der Waals surface area contributed by atoms with E-state index in [-0.39, 0.29) is 11.8 Å². The van der Waals surface area contributed by atoms with Gasteiger partial charge in [0.2, 0.25) is 0 Å². The largest absolute Gasteiger partial charge is 0.391 e. The van der Waals surface area contributed by atoms with Crippen molar-refractivity contribution >= 4 is 11.6 Å². The maximum atomic E-state index is 12.8. The Hall–Kier alpha value is -2.74. The van der Waals surface area contributed by atoms with Crippen LogP contribution in [-0.2, 0) is 6.42 Å². The van der Waals surface area contributed by atoms with Gasteiger partial charge >= 0.3 is 0 Å². The standard InChI is InChI=1S/C17H19N5O3/c1-10-5-18-16-14(6-19-22(16)7-10)17(24)21-8-12(15(23)9-21)4-13-3-11(2)20-25-13/h3,5-7,12,15,23H,4,8-9H2,1-2H3/t12-,15-/m1/s1. The SMILES string of the molecule is Cc1cnc2c(C(=O)N3C[C@@H](Cc4cc(C)no4)[C@H](O)C3)cnn2c1. The summed E-state index contributed by atoms with van der Waals surface area (Å²) in [6, 6.07) is 1.86. The van der Waals surface area contributed by atoms with Gasteiger partial charge in [0.05, 0.1) is 18.0 Å². The van der Waals surface area contributed by atoms with E-state index in [0.29, 0.717) is 30.7 Å². The Balaban J connectivity index is 1.52. The second kappa shape index (κ2) is 5.96. The lowest BCUT2D eigenvalue weighted by Crippen LogP contribution is -2.29. The van der Waals surface area contributed by atoms with Gasteiger partial charge in [0.25, 0.3) is 5.91 Å². The molecular formula is C17H19N5O3. The molecule has 25 heavy (non-hydrogen) atoms. The van der Waals surface area contributed by atoms with Crippen LogP contribution in [0.25, 0.3) is 5.65 Å². The van der Waals surface area contributed by atoms with Crippen molar-refractivity contribution in [3.63, 3.8) is 0 Å². The minimum Gasteiger partial charge on any atom is -0.391 e. The van der Waals surface area contributed by atoms with Crippen molar-refractivity contribution in [3.05, 3.63) is 47.2 Å². The number of aromatic nitrogens is 4. The minimum atomic E-state index is -0.591. The van der Waals surface area contributed by atoms with Crippen LogP contribution in [0, 0.1) is 19.8 Å². The molecule has 1 aliphatic rings. The Morgan fingerprint density at radius 2 is 2.20 bits per heavy atom. The fourth-order valence-electron chi connectivity index (χ4n) is 3.28. The van der Waals surface area contributed by atoms with Gasteiger partial charge in [-0.25, -0.2) is 9.50 Å². The summed E-state index contributed by atoms with van der Waals surface area (Å²) in [7, 11) is 0. The average Bonchev–Trinajstić information content (AvgIpc) is 3.26. The highest BCUT2D eigenvalue weighted by atomic mass is 16.5. The fraction of sp³-hybridized carbons (Fsp3) is 0.412. The number of aryl methyl sites for hydroxylation is 2. The molecule has 0 saturated carbocycles. The molecule has 0 bridgehead atoms. The minimum absolute atomic E-state index is 0.0756. The third-order valence-electron chi connectivity index (χ3n) is 4.55. The Bertz CT molecular complexity index is 931. The van der Waals surface area contributed by atoms with E-state index in [4.69, 9.17) is 4.52 Å². The first kappa shape index (κ1) is 15.8. The number of carbonyl (C=O) groups excluding carboxylic acids is 1. The zero-order chi connectivity index (χ0) is 17.6. The number of aliphatic hydroxyl groups is 1. The molecule has 1 fully saturated rings. The molecule has 8 nitrogen and oxygen atoms in total. The van der Waals surface area contributed by atoms with Crippen molar-refractivity contribution in [2.24, 2.45) is 5.92 Å². The topological polar surface area (TPSA) is 96.8 Å². The number of hydrogen-bond acceptors (Lipinski definition) is 6. The Morgan fingerprint density at radius 3 is 2.96 bits per heavy atom. The zero-order valence-electron chi connectivity index (χ0n) is 14.1. The molecule has 4 heterocycles. The van der Waals surface area contributed by atoms with E-state index in [0.717, 1.165) is 17.0 Å². The van der Waals surface area contributed by atoms with Gasteiger partial charge in [-0.2, -0.15) is 5.10 Å². The van der Waals surface area contributed by atoms with Crippen LogP contribution in [-0.4, -0.2) is 54.9 Å². The van der Waals surface area contributed by atoms with E-state index in [2.05, 4.69) is 15.2 Å². The van der Waals surface area contributed by atoms with Gasteiger partial charge in [-0.05, 0) is 19.4 Å². The maximum Gasteiger partial charge on any atom is 0.259 e. The molecule has 130 valence electrons. The molecule has 0 aliphatic carbocycles. The molecule has 3 aromatic rings. The van der Waals surface area contributed by atoms with E-state index in [1.807, 2.05) is 26.1 Å². The van der Waals surface area contributed by atoms with Crippen LogP contribution in [0.3, 0.4) is 0 Å². The highest BCUT2D eigenvalue weighted by Gasteiger charge is 2.36. The molecule has 8 heteroatoms. The summed E-state index contributed by atoms with van der Waals surface area (Å²) in [4.78, 5) is 18.8. The third kappa shape index (κ3) is 2.89. The van der Waals surface area contributed by atoms with Gasteiger partial charge < -0.3 is 14.5 Å². The molecule has 0 aromatic carbocycles. The molecule has 0 spiro atoms. The summed E-state index contributed by atoms with van der Waals surface area (Å²) >= 11 is 0. The first-order valence-corrected chi connectivity index (χ1v) is 8.21. The van der Waals surface area contributed by atoms with Crippen LogP contribution < -0.4 is 0 Å². The molecule has 3 aromatic heterocycles. The maximum absolute atomic E-state index is 12.8. The summed E-state index contributed by atoms with van der Waals surface area (Å²) in [5, 5.41) is 18.4. The number of carbonyl (C=O) groups is 1. The molecule has 0 unspecified atom stereocenters. The summed E-state index contributed by atoms with van der Waals surface area (Å²) in [5.74, 6) is 0.485. The molecule has 1 amide bonds. The molecule has 1 saturated heterocycles. The summed E-state index contributed by atoms with van der Waals surface area (Å²) in [6.07, 6.45) is 5.03. The van der Waals surface area contributed by atoms with Gasteiger partial charge in [0.1, 0.15) is 11.3 Å². The Morgan fingerprint density at radius 1 is 1.36 bits per heavy atom. The van der Waals surface area contributed by atoms with E-state index in [9.17, 15) is 9.90 Å². The van der Waals surface area contributed by atoms with E-state index in [1.54, 1.807) is 15.6 Å². The van der Waals surface area contributed by atoms with Gasteiger partial charge in [0.15, 0.2) is 5.65 Å². The third-order valence-corrected chi connectivity index (χ3v) is 4.55. The zero-order valence-corrected chi connectivity index (χ0v) is 14.1. The van der Waals surface area contributed by atoms with Crippen molar-refractivity contribution in [1.29, 1.82) is 0 Å². The van der Waals surface area contributed by atoms with Crippen LogP contribution in [0.2, 0.25) is 0 Å². The van der Waals surface area contributed by atoms with Gasteiger partial charge in [-0.3, -0.25) is 4.79 Å². The number of β-amino-alcohol motifs (C(OH)–C–C–N with tert-alkyl or cyclic N) is 1. The van der Waals surface area contributed by atoms with E-state index >= 15 is 0 Å². The van der Waals surface area contributed by atoms with Gasteiger partial charge in [-0.1, -0.05) is 5.16 Å². The number of hydrogen-bond donors (Lipinski definition) is 1. The monoisotopic (exact) mass is 341 g/mol. The van der Waals surface area contributed by atoms with Crippen LogP contribution >= 0.6 is 0 Å². The number of nitrogens with zero attached hydrogens (tertiary/aromatic N) is 5. The number of aliphatic hydroxyl groups excluding tert-OH is 1. The molecular weight excluding hydrogens is 322 g/mol. The quantitative estimate of drug-likeness (QED) is 0.764. The molecule has 4 rings (SSSR count). The normalized spacial score (nSPS) is 20.5. The second-order valence-corrected chi connectivity index (χ2v) is 6.63. The Labute approximate surface area is 144 Å². The van der Waals surface area contributed by atoms with Crippen molar-refractivity contribution in [2.75, 3.05) is 13.1 Å². The molecule has 0 radical (unpaired) electrons. The molecule has 1 N–H and O–H groups in total. The Kier molecular flexibility index (Phi) is 3.76. The van der Waals surface area contributed by atoms with Crippen LogP contribution in [0.4, 0.5) is 0 Å². The van der Waals surface area contributed by atoms with Crippen molar-refractivity contribution in [2.45, 2.75) is 26.4 Å². The average molecular weight is 341 g/mol. The first-order valence-electron chi connectivity index (χ1n) is 8.21. The predicted molar refractivity (Wildman–Crippen MR) is 88.1 cm³/mol. The highest BCUT2D eigenvalue weighted by Crippen LogP contribution is 2.24. The van der Waals surface area contributed by atoms with Crippen molar-refractivity contribution in [1.82, 2.24) is 24.7 Å². The number of fused-ring (bicyclic) bond motifs is 1. The van der Waals surface area contributed by atoms with Gasteiger partial charge in [-0.15, -0.1) is 0 Å². The predicted octanol–water partition coefficient (Wildman–Crippen LogP) is 1.01. The summed E-state index contributed by atoms with van der Waals surface area (Å²) in [6.45, 7) is 4.53. The van der Waals surface area contributed by atoms with E-state index in [1.165, 1.54) is 6.20 Å². The fourth-order valence-corrected chi connectivity index (χ4v) is 3.28. The lowest BCUT2D eigenvalue weighted by molar-refractivity contribution is 0.0766. The highest BCUT2D eigenvalue weighted by molar-refractivity contribution is 5.99. The molecule has 1 aliphatic heterocycles. The number of rotatable bonds is 3. The lowest BCUT2D eigenvalue weighted by atomic mass is 10.0. The van der Waals surface area contributed by atoms with Crippen LogP contribution in [0.1, 0.15) is 27.4 Å².